The molecule has 1 amide bonds. The first-order valence-electron chi connectivity index (χ1n) is 7.98. The van der Waals surface area contributed by atoms with Gasteiger partial charge < -0.3 is 5.32 Å². The van der Waals surface area contributed by atoms with Crippen LogP contribution in [-0.2, 0) is 17.8 Å². The first-order chi connectivity index (χ1) is 12.3. The molecule has 0 bridgehead atoms. The number of thiazole rings is 1. The minimum absolute atomic E-state index is 0.0353. The van der Waals surface area contributed by atoms with E-state index >= 15 is 0 Å². The largest absolute Gasteiger partial charge is 0.349 e. The molecule has 2 heterocycles. The molecule has 0 aliphatic rings. The fourth-order valence-corrected chi connectivity index (χ4v) is 3.50. The highest BCUT2D eigenvalue weighted by Gasteiger charge is 2.08. The van der Waals surface area contributed by atoms with E-state index in [1.807, 2.05) is 60.8 Å². The van der Waals surface area contributed by atoms with E-state index < -0.39 is 0 Å². The Bertz CT molecular complexity index is 973. The van der Waals surface area contributed by atoms with Gasteiger partial charge in [0.1, 0.15) is 5.01 Å². The number of nitrogens with zero attached hydrogens (tertiary/aromatic N) is 3. The number of benzene rings is 2. The van der Waals surface area contributed by atoms with Crippen molar-refractivity contribution in [3.05, 3.63) is 77.6 Å². The van der Waals surface area contributed by atoms with Gasteiger partial charge in [-0.15, -0.1) is 11.3 Å². The lowest BCUT2D eigenvalue weighted by Gasteiger charge is -2.01. The molecule has 4 aromatic rings. The number of carbonyl (C=O) groups is 1. The monoisotopic (exact) mass is 348 g/mol. The van der Waals surface area contributed by atoms with Crippen LogP contribution in [0.2, 0.25) is 0 Å². The van der Waals surface area contributed by atoms with Gasteiger partial charge in [0.2, 0.25) is 5.91 Å². The molecule has 2 aromatic carbocycles. The molecule has 0 saturated heterocycles. The standard InChI is InChI=1S/C19H16N4OS/c24-18(20-12-19-22-16-8-4-5-9-17(16)25-19)10-14-11-21-23(13-14)15-6-2-1-3-7-15/h1-9,11,13H,10,12H2,(H,20,24). The molecule has 1 N–H and O–H groups in total. The van der Waals surface area contributed by atoms with Crippen molar-refractivity contribution in [2.75, 3.05) is 0 Å². The molecule has 0 saturated carbocycles. The number of rotatable bonds is 5. The Hall–Kier alpha value is -2.99. The molecular weight excluding hydrogens is 332 g/mol. The average Bonchev–Trinajstić information content (AvgIpc) is 3.27. The summed E-state index contributed by atoms with van der Waals surface area (Å²) in [6.07, 6.45) is 3.91. The number of fused-ring (bicyclic) bond motifs is 1. The summed E-state index contributed by atoms with van der Waals surface area (Å²) >= 11 is 1.60. The average molecular weight is 348 g/mol. The zero-order chi connectivity index (χ0) is 17.1. The molecule has 0 spiro atoms. The van der Waals surface area contributed by atoms with Crippen LogP contribution in [0.1, 0.15) is 10.6 Å². The highest BCUT2D eigenvalue weighted by atomic mass is 32.1. The van der Waals surface area contributed by atoms with Crippen molar-refractivity contribution in [3.8, 4) is 5.69 Å². The second-order valence-electron chi connectivity index (χ2n) is 5.66. The van der Waals surface area contributed by atoms with Crippen LogP contribution in [0.3, 0.4) is 0 Å². The third-order valence-electron chi connectivity index (χ3n) is 3.80. The van der Waals surface area contributed by atoms with Crippen LogP contribution in [0.4, 0.5) is 0 Å². The van der Waals surface area contributed by atoms with Gasteiger partial charge in [-0.05, 0) is 29.8 Å². The molecule has 0 fully saturated rings. The Balaban J connectivity index is 1.37. The molecule has 0 radical (unpaired) electrons. The zero-order valence-corrected chi connectivity index (χ0v) is 14.2. The molecule has 124 valence electrons. The normalized spacial score (nSPS) is 10.9. The first kappa shape index (κ1) is 15.5. The maximum absolute atomic E-state index is 12.2. The predicted molar refractivity (Wildman–Crippen MR) is 98.7 cm³/mol. The predicted octanol–water partition coefficient (Wildman–Crippen LogP) is 3.34. The Morgan fingerprint density at radius 1 is 1.08 bits per heavy atom. The smallest absolute Gasteiger partial charge is 0.224 e. The number of para-hydroxylation sites is 2. The number of amides is 1. The van der Waals surface area contributed by atoms with Crippen LogP contribution < -0.4 is 5.32 Å². The molecule has 6 heteroatoms. The number of hydrogen-bond acceptors (Lipinski definition) is 4. The SMILES string of the molecule is O=C(Cc1cnn(-c2ccccc2)c1)NCc1nc2ccccc2s1. The van der Waals surface area contributed by atoms with Crippen molar-refractivity contribution >= 4 is 27.5 Å². The summed E-state index contributed by atoms with van der Waals surface area (Å²) in [5, 5.41) is 8.15. The van der Waals surface area contributed by atoms with Gasteiger partial charge in [-0.3, -0.25) is 4.79 Å². The fraction of sp³-hybridized carbons (Fsp3) is 0.105. The van der Waals surface area contributed by atoms with Gasteiger partial charge in [0.05, 0.1) is 35.1 Å². The molecule has 2 aromatic heterocycles. The third kappa shape index (κ3) is 3.59. The lowest BCUT2D eigenvalue weighted by atomic mass is 10.2. The van der Waals surface area contributed by atoms with Crippen molar-refractivity contribution in [1.82, 2.24) is 20.1 Å². The maximum Gasteiger partial charge on any atom is 0.224 e. The molecule has 25 heavy (non-hydrogen) atoms. The summed E-state index contributed by atoms with van der Waals surface area (Å²) in [7, 11) is 0. The van der Waals surface area contributed by atoms with Gasteiger partial charge >= 0.3 is 0 Å². The number of aromatic nitrogens is 3. The quantitative estimate of drug-likeness (QED) is 0.602. The zero-order valence-electron chi connectivity index (χ0n) is 13.4. The van der Waals surface area contributed by atoms with E-state index in [0.717, 1.165) is 26.5 Å². The van der Waals surface area contributed by atoms with Crippen molar-refractivity contribution in [2.45, 2.75) is 13.0 Å². The summed E-state index contributed by atoms with van der Waals surface area (Å²) in [5.41, 5.74) is 2.83. The number of hydrogen-bond donors (Lipinski definition) is 1. The van der Waals surface area contributed by atoms with Crippen molar-refractivity contribution in [3.63, 3.8) is 0 Å². The Kier molecular flexibility index (Phi) is 4.26. The molecule has 0 atom stereocenters. The molecule has 0 aliphatic carbocycles. The molecule has 0 unspecified atom stereocenters. The van der Waals surface area contributed by atoms with E-state index in [-0.39, 0.29) is 5.91 Å². The van der Waals surface area contributed by atoms with Crippen LogP contribution in [0, 0.1) is 0 Å². The van der Waals surface area contributed by atoms with Crippen LogP contribution in [-0.4, -0.2) is 20.7 Å². The highest BCUT2D eigenvalue weighted by Crippen LogP contribution is 2.21. The number of carbonyl (C=O) groups excluding carboxylic acids is 1. The summed E-state index contributed by atoms with van der Waals surface area (Å²) in [4.78, 5) is 16.7. The second-order valence-corrected chi connectivity index (χ2v) is 6.77. The fourth-order valence-electron chi connectivity index (χ4n) is 2.59. The summed E-state index contributed by atoms with van der Waals surface area (Å²) in [6.45, 7) is 0.449. The minimum atomic E-state index is -0.0353. The van der Waals surface area contributed by atoms with E-state index in [2.05, 4.69) is 15.4 Å². The molecule has 5 nitrogen and oxygen atoms in total. The lowest BCUT2D eigenvalue weighted by Crippen LogP contribution is -2.24. The van der Waals surface area contributed by atoms with E-state index in [9.17, 15) is 4.79 Å². The minimum Gasteiger partial charge on any atom is -0.349 e. The van der Waals surface area contributed by atoms with E-state index in [1.54, 1.807) is 22.2 Å². The Morgan fingerprint density at radius 2 is 1.88 bits per heavy atom. The first-order valence-corrected chi connectivity index (χ1v) is 8.80. The van der Waals surface area contributed by atoms with Crippen LogP contribution >= 0.6 is 11.3 Å². The van der Waals surface area contributed by atoms with Crippen LogP contribution in [0.25, 0.3) is 15.9 Å². The van der Waals surface area contributed by atoms with Gasteiger partial charge in [0, 0.05) is 6.20 Å². The van der Waals surface area contributed by atoms with Crippen molar-refractivity contribution < 1.29 is 4.79 Å². The lowest BCUT2D eigenvalue weighted by molar-refractivity contribution is -0.120. The summed E-state index contributed by atoms with van der Waals surface area (Å²) in [5.74, 6) is -0.0353. The van der Waals surface area contributed by atoms with Crippen molar-refractivity contribution in [1.29, 1.82) is 0 Å². The summed E-state index contributed by atoms with van der Waals surface area (Å²) < 4.78 is 2.91. The van der Waals surface area contributed by atoms with Gasteiger partial charge in [0.25, 0.3) is 0 Å². The van der Waals surface area contributed by atoms with Gasteiger partial charge in [-0.25, -0.2) is 9.67 Å². The van der Waals surface area contributed by atoms with Gasteiger partial charge in [0.15, 0.2) is 0 Å². The second kappa shape index (κ2) is 6.86. The van der Waals surface area contributed by atoms with Gasteiger partial charge in [-0.1, -0.05) is 30.3 Å². The van der Waals surface area contributed by atoms with Gasteiger partial charge in [-0.2, -0.15) is 5.10 Å². The van der Waals surface area contributed by atoms with Crippen LogP contribution in [0.15, 0.2) is 67.0 Å². The van der Waals surface area contributed by atoms with E-state index in [0.29, 0.717) is 13.0 Å². The number of nitrogens with one attached hydrogen (secondary N) is 1. The summed E-state index contributed by atoms with van der Waals surface area (Å²) in [6, 6.07) is 17.8. The van der Waals surface area contributed by atoms with E-state index in [4.69, 9.17) is 0 Å². The maximum atomic E-state index is 12.2. The van der Waals surface area contributed by atoms with Crippen molar-refractivity contribution in [2.24, 2.45) is 0 Å². The Morgan fingerprint density at radius 3 is 2.72 bits per heavy atom. The van der Waals surface area contributed by atoms with E-state index in [1.165, 1.54) is 0 Å². The van der Waals surface area contributed by atoms with Crippen LogP contribution in [0.5, 0.6) is 0 Å². The highest BCUT2D eigenvalue weighted by molar-refractivity contribution is 7.18. The molecule has 4 rings (SSSR count). The Labute approximate surface area is 149 Å². The molecular formula is C19H16N4OS. The third-order valence-corrected chi connectivity index (χ3v) is 4.83. The topological polar surface area (TPSA) is 59.8 Å². The molecule has 0 aliphatic heterocycles.